The average Bonchev–Trinajstić information content (AvgIpc) is 2.52. The minimum absolute atomic E-state index is 0.307. The fraction of sp³-hybridized carbons (Fsp3) is 0.333. The Kier molecular flexibility index (Phi) is 4.07. The SMILES string of the molecule is COc1ccc(Cl)c(NC2CCC(C)c3ccccc32)c1. The third kappa shape index (κ3) is 2.86. The van der Waals surface area contributed by atoms with Gasteiger partial charge < -0.3 is 10.1 Å². The van der Waals surface area contributed by atoms with Crippen molar-refractivity contribution in [3.8, 4) is 5.75 Å². The van der Waals surface area contributed by atoms with Gasteiger partial charge in [-0.2, -0.15) is 0 Å². The van der Waals surface area contributed by atoms with E-state index >= 15 is 0 Å². The second kappa shape index (κ2) is 5.98. The third-order valence-corrected chi connectivity index (χ3v) is 4.62. The summed E-state index contributed by atoms with van der Waals surface area (Å²) in [6.45, 7) is 2.30. The Morgan fingerprint density at radius 2 is 1.86 bits per heavy atom. The molecule has 1 aliphatic rings. The molecule has 0 heterocycles. The van der Waals surface area contributed by atoms with E-state index in [0.29, 0.717) is 12.0 Å². The van der Waals surface area contributed by atoms with Crippen LogP contribution in [0.5, 0.6) is 5.75 Å². The van der Waals surface area contributed by atoms with Crippen molar-refractivity contribution < 1.29 is 4.74 Å². The largest absolute Gasteiger partial charge is 0.497 e. The first-order valence-electron chi connectivity index (χ1n) is 7.38. The van der Waals surface area contributed by atoms with Crippen molar-refractivity contribution in [1.29, 1.82) is 0 Å². The highest BCUT2D eigenvalue weighted by molar-refractivity contribution is 6.33. The number of nitrogens with one attached hydrogen (secondary N) is 1. The summed E-state index contributed by atoms with van der Waals surface area (Å²) in [6.07, 6.45) is 2.31. The van der Waals surface area contributed by atoms with E-state index in [9.17, 15) is 0 Å². The minimum atomic E-state index is 0.307. The molecule has 110 valence electrons. The van der Waals surface area contributed by atoms with Gasteiger partial charge in [0.2, 0.25) is 0 Å². The van der Waals surface area contributed by atoms with E-state index in [1.165, 1.54) is 17.5 Å². The summed E-state index contributed by atoms with van der Waals surface area (Å²) in [5.74, 6) is 1.44. The predicted octanol–water partition coefficient (Wildman–Crippen LogP) is 5.40. The van der Waals surface area contributed by atoms with Crippen LogP contribution in [0.1, 0.15) is 42.9 Å². The van der Waals surface area contributed by atoms with Crippen LogP contribution in [0.4, 0.5) is 5.69 Å². The van der Waals surface area contributed by atoms with Crippen molar-refractivity contribution in [1.82, 2.24) is 0 Å². The molecule has 3 heteroatoms. The van der Waals surface area contributed by atoms with Crippen LogP contribution in [0.2, 0.25) is 5.02 Å². The molecule has 0 aromatic heterocycles. The van der Waals surface area contributed by atoms with Gasteiger partial charge in [0.1, 0.15) is 5.75 Å². The molecular weight excluding hydrogens is 282 g/mol. The summed E-state index contributed by atoms with van der Waals surface area (Å²) in [5, 5.41) is 4.32. The zero-order valence-electron chi connectivity index (χ0n) is 12.4. The van der Waals surface area contributed by atoms with Gasteiger partial charge in [0.25, 0.3) is 0 Å². The van der Waals surface area contributed by atoms with Gasteiger partial charge in [-0.05, 0) is 42.0 Å². The van der Waals surface area contributed by atoms with E-state index in [2.05, 4.69) is 36.5 Å². The molecule has 0 bridgehead atoms. The quantitative estimate of drug-likeness (QED) is 0.819. The fourth-order valence-electron chi connectivity index (χ4n) is 3.08. The number of fused-ring (bicyclic) bond motifs is 1. The van der Waals surface area contributed by atoms with Crippen LogP contribution < -0.4 is 10.1 Å². The topological polar surface area (TPSA) is 21.3 Å². The summed E-state index contributed by atoms with van der Waals surface area (Å²) >= 11 is 6.31. The molecule has 3 rings (SSSR count). The monoisotopic (exact) mass is 301 g/mol. The van der Waals surface area contributed by atoms with Crippen LogP contribution in [0.25, 0.3) is 0 Å². The number of rotatable bonds is 3. The van der Waals surface area contributed by atoms with Crippen LogP contribution in [-0.2, 0) is 0 Å². The lowest BCUT2D eigenvalue weighted by Gasteiger charge is -2.31. The average molecular weight is 302 g/mol. The highest BCUT2D eigenvalue weighted by atomic mass is 35.5. The molecule has 0 amide bonds. The smallest absolute Gasteiger partial charge is 0.121 e. The van der Waals surface area contributed by atoms with Crippen LogP contribution in [0, 0.1) is 0 Å². The molecule has 0 fully saturated rings. The maximum atomic E-state index is 6.31. The van der Waals surface area contributed by atoms with Gasteiger partial charge in [-0.25, -0.2) is 0 Å². The number of hydrogen-bond donors (Lipinski definition) is 1. The van der Waals surface area contributed by atoms with Gasteiger partial charge in [-0.3, -0.25) is 0 Å². The molecule has 0 aliphatic heterocycles. The van der Waals surface area contributed by atoms with Gasteiger partial charge in [0.15, 0.2) is 0 Å². The number of anilines is 1. The lowest BCUT2D eigenvalue weighted by atomic mass is 9.81. The van der Waals surface area contributed by atoms with Gasteiger partial charge in [-0.15, -0.1) is 0 Å². The normalized spacial score (nSPS) is 20.7. The zero-order chi connectivity index (χ0) is 14.8. The molecule has 2 aromatic rings. The van der Waals surface area contributed by atoms with Crippen molar-refractivity contribution >= 4 is 17.3 Å². The molecule has 21 heavy (non-hydrogen) atoms. The van der Waals surface area contributed by atoms with Crippen molar-refractivity contribution in [2.24, 2.45) is 0 Å². The van der Waals surface area contributed by atoms with E-state index in [1.54, 1.807) is 7.11 Å². The van der Waals surface area contributed by atoms with Gasteiger partial charge in [0, 0.05) is 6.07 Å². The Labute approximate surface area is 131 Å². The molecule has 2 aromatic carbocycles. The van der Waals surface area contributed by atoms with Gasteiger partial charge in [0.05, 0.1) is 23.9 Å². The van der Waals surface area contributed by atoms with Gasteiger partial charge >= 0.3 is 0 Å². The fourth-order valence-corrected chi connectivity index (χ4v) is 3.26. The first-order chi connectivity index (χ1) is 10.2. The molecule has 2 nitrogen and oxygen atoms in total. The summed E-state index contributed by atoms with van der Waals surface area (Å²) in [7, 11) is 1.67. The molecule has 0 spiro atoms. The lowest BCUT2D eigenvalue weighted by molar-refractivity contribution is 0.415. The summed E-state index contributed by atoms with van der Waals surface area (Å²) in [4.78, 5) is 0. The molecule has 1 N–H and O–H groups in total. The number of ether oxygens (including phenoxy) is 1. The van der Waals surface area contributed by atoms with Crippen molar-refractivity contribution in [2.75, 3.05) is 12.4 Å². The van der Waals surface area contributed by atoms with Crippen LogP contribution in [-0.4, -0.2) is 7.11 Å². The van der Waals surface area contributed by atoms with E-state index in [-0.39, 0.29) is 0 Å². The van der Waals surface area contributed by atoms with Crippen LogP contribution in [0.3, 0.4) is 0 Å². The molecular formula is C18H20ClNO. The van der Waals surface area contributed by atoms with E-state index in [4.69, 9.17) is 16.3 Å². The van der Waals surface area contributed by atoms with Gasteiger partial charge in [-0.1, -0.05) is 42.8 Å². The molecule has 1 aliphatic carbocycles. The molecule has 2 unspecified atom stereocenters. The maximum absolute atomic E-state index is 6.31. The number of halogens is 1. The zero-order valence-corrected chi connectivity index (χ0v) is 13.2. The first-order valence-corrected chi connectivity index (χ1v) is 7.75. The van der Waals surface area contributed by atoms with Crippen molar-refractivity contribution in [3.05, 3.63) is 58.6 Å². The molecule has 0 saturated heterocycles. The summed E-state index contributed by atoms with van der Waals surface area (Å²) in [6, 6.07) is 14.7. The minimum Gasteiger partial charge on any atom is -0.497 e. The Hall–Kier alpha value is -1.67. The second-order valence-electron chi connectivity index (χ2n) is 5.65. The number of hydrogen-bond acceptors (Lipinski definition) is 2. The Balaban J connectivity index is 1.91. The number of methoxy groups -OCH3 is 1. The van der Waals surface area contributed by atoms with E-state index in [1.807, 2.05) is 18.2 Å². The first kappa shape index (κ1) is 14.3. The summed E-state index contributed by atoms with van der Waals surface area (Å²) in [5.41, 5.74) is 3.76. The lowest BCUT2D eigenvalue weighted by Crippen LogP contribution is -2.19. The molecule has 0 saturated carbocycles. The van der Waals surface area contributed by atoms with E-state index < -0.39 is 0 Å². The Morgan fingerprint density at radius 3 is 2.62 bits per heavy atom. The highest BCUT2D eigenvalue weighted by Crippen LogP contribution is 2.40. The van der Waals surface area contributed by atoms with Crippen molar-refractivity contribution in [3.63, 3.8) is 0 Å². The molecule has 0 radical (unpaired) electrons. The van der Waals surface area contributed by atoms with Crippen molar-refractivity contribution in [2.45, 2.75) is 31.7 Å². The maximum Gasteiger partial charge on any atom is 0.121 e. The third-order valence-electron chi connectivity index (χ3n) is 4.29. The predicted molar refractivity (Wildman–Crippen MR) is 88.5 cm³/mol. The highest BCUT2D eigenvalue weighted by Gasteiger charge is 2.24. The standard InChI is InChI=1S/C18H20ClNO/c1-12-7-10-17(15-6-4-3-5-14(12)15)20-18-11-13(21-2)8-9-16(18)19/h3-6,8-9,11-12,17,20H,7,10H2,1-2H3. The Bertz CT molecular complexity index is 641. The van der Waals surface area contributed by atoms with E-state index in [0.717, 1.165) is 22.9 Å². The molecule has 2 atom stereocenters. The Morgan fingerprint density at radius 1 is 1.10 bits per heavy atom. The summed E-state index contributed by atoms with van der Waals surface area (Å²) < 4.78 is 5.29. The van der Waals surface area contributed by atoms with Crippen LogP contribution >= 0.6 is 11.6 Å². The second-order valence-corrected chi connectivity index (χ2v) is 6.06. The number of benzene rings is 2. The van der Waals surface area contributed by atoms with Crippen LogP contribution in [0.15, 0.2) is 42.5 Å².